The van der Waals surface area contributed by atoms with Crippen molar-refractivity contribution in [3.05, 3.63) is 0 Å². The molecule has 0 saturated heterocycles. The molecule has 2 fully saturated rings. The highest BCUT2D eigenvalue weighted by Crippen LogP contribution is 2.51. The highest BCUT2D eigenvalue weighted by atomic mass is 32.1. The van der Waals surface area contributed by atoms with E-state index in [1.807, 2.05) is 0 Å². The third kappa shape index (κ3) is 1.32. The second kappa shape index (κ2) is 3.01. The van der Waals surface area contributed by atoms with Crippen LogP contribution < -0.4 is 0 Å². The van der Waals surface area contributed by atoms with Crippen molar-refractivity contribution in [1.82, 2.24) is 0 Å². The average Bonchev–Trinajstić information content (AvgIpc) is 2.36. The third-order valence-electron chi connectivity index (χ3n) is 3.71. The van der Waals surface area contributed by atoms with Crippen molar-refractivity contribution in [2.24, 2.45) is 5.41 Å². The van der Waals surface area contributed by atoms with Gasteiger partial charge in [0.15, 0.2) is 0 Å². The van der Waals surface area contributed by atoms with Crippen LogP contribution in [0.2, 0.25) is 0 Å². The van der Waals surface area contributed by atoms with Crippen LogP contribution in [0.5, 0.6) is 0 Å². The molecule has 11 heavy (non-hydrogen) atoms. The number of rotatable bonds is 0. The molecule has 0 bridgehead atoms. The van der Waals surface area contributed by atoms with Gasteiger partial charge < -0.3 is 0 Å². The molecule has 1 spiro atoms. The lowest BCUT2D eigenvalue weighted by Crippen LogP contribution is -2.28. The van der Waals surface area contributed by atoms with Gasteiger partial charge in [-0.2, -0.15) is 12.6 Å². The molecule has 2 rings (SSSR count). The zero-order valence-electron chi connectivity index (χ0n) is 7.18. The third-order valence-corrected chi connectivity index (χ3v) is 4.51. The van der Waals surface area contributed by atoms with Crippen LogP contribution in [0.15, 0.2) is 0 Å². The van der Waals surface area contributed by atoms with Gasteiger partial charge >= 0.3 is 0 Å². The summed E-state index contributed by atoms with van der Waals surface area (Å²) in [5.74, 6) is 0. The van der Waals surface area contributed by atoms with Gasteiger partial charge in [0.2, 0.25) is 0 Å². The van der Waals surface area contributed by atoms with Gasteiger partial charge in [-0.25, -0.2) is 0 Å². The maximum absolute atomic E-state index is 4.72. The molecule has 2 aliphatic carbocycles. The Kier molecular flexibility index (Phi) is 2.18. The second-order valence-corrected chi connectivity index (χ2v) is 4.95. The van der Waals surface area contributed by atoms with E-state index in [2.05, 4.69) is 0 Å². The summed E-state index contributed by atoms with van der Waals surface area (Å²) in [6.45, 7) is 0. The van der Waals surface area contributed by atoms with Crippen LogP contribution in [-0.2, 0) is 0 Å². The SMILES string of the molecule is SC1CCCC12CCCCC2. The number of hydrogen-bond donors (Lipinski definition) is 1. The summed E-state index contributed by atoms with van der Waals surface area (Å²) in [4.78, 5) is 0. The molecule has 2 saturated carbocycles. The first-order valence-corrected chi connectivity index (χ1v) is 5.53. The van der Waals surface area contributed by atoms with Crippen molar-refractivity contribution in [2.45, 2.75) is 56.6 Å². The molecule has 0 aromatic heterocycles. The molecule has 0 nitrogen and oxygen atoms in total. The van der Waals surface area contributed by atoms with E-state index < -0.39 is 0 Å². The Bertz CT molecular complexity index is 136. The maximum Gasteiger partial charge on any atom is 0.00732 e. The minimum Gasteiger partial charge on any atom is -0.175 e. The van der Waals surface area contributed by atoms with E-state index in [9.17, 15) is 0 Å². The first-order chi connectivity index (χ1) is 5.33. The van der Waals surface area contributed by atoms with E-state index in [0.717, 1.165) is 5.25 Å². The van der Waals surface area contributed by atoms with Crippen molar-refractivity contribution in [2.75, 3.05) is 0 Å². The Morgan fingerprint density at radius 1 is 0.909 bits per heavy atom. The minimum atomic E-state index is 0.696. The Morgan fingerprint density at radius 3 is 2.09 bits per heavy atom. The Balaban J connectivity index is 2.06. The fourth-order valence-corrected chi connectivity index (χ4v) is 3.53. The number of thiol groups is 1. The Morgan fingerprint density at radius 2 is 1.55 bits per heavy atom. The molecule has 0 N–H and O–H groups in total. The van der Waals surface area contributed by atoms with Crippen LogP contribution in [0.4, 0.5) is 0 Å². The van der Waals surface area contributed by atoms with Crippen molar-refractivity contribution in [1.29, 1.82) is 0 Å². The van der Waals surface area contributed by atoms with Crippen molar-refractivity contribution < 1.29 is 0 Å². The molecule has 0 aromatic carbocycles. The van der Waals surface area contributed by atoms with E-state index in [0.29, 0.717) is 5.41 Å². The van der Waals surface area contributed by atoms with Gasteiger partial charge in [0.05, 0.1) is 0 Å². The normalized spacial score (nSPS) is 36.3. The van der Waals surface area contributed by atoms with Crippen molar-refractivity contribution in [3.63, 3.8) is 0 Å². The van der Waals surface area contributed by atoms with Crippen LogP contribution in [0.1, 0.15) is 51.4 Å². The molecule has 2 aliphatic rings. The molecule has 1 unspecified atom stereocenters. The molecule has 0 heterocycles. The lowest BCUT2D eigenvalue weighted by atomic mass is 9.73. The average molecular weight is 170 g/mol. The number of hydrogen-bond acceptors (Lipinski definition) is 1. The topological polar surface area (TPSA) is 0 Å². The molecular weight excluding hydrogens is 152 g/mol. The van der Waals surface area contributed by atoms with Crippen LogP contribution in [0.3, 0.4) is 0 Å². The molecular formula is C10H18S. The Hall–Kier alpha value is 0.350. The monoisotopic (exact) mass is 170 g/mol. The first kappa shape index (κ1) is 7.97. The molecule has 0 aliphatic heterocycles. The maximum atomic E-state index is 4.72. The van der Waals surface area contributed by atoms with Gasteiger partial charge in [-0.1, -0.05) is 25.7 Å². The first-order valence-electron chi connectivity index (χ1n) is 5.02. The zero-order chi connectivity index (χ0) is 7.73. The summed E-state index contributed by atoms with van der Waals surface area (Å²) >= 11 is 4.72. The predicted octanol–water partition coefficient (Wildman–Crippen LogP) is 3.42. The fourth-order valence-electron chi connectivity index (χ4n) is 2.96. The lowest BCUT2D eigenvalue weighted by Gasteiger charge is -2.36. The van der Waals surface area contributed by atoms with Gasteiger partial charge in [-0.3, -0.25) is 0 Å². The molecule has 1 atom stereocenters. The summed E-state index contributed by atoms with van der Waals surface area (Å²) in [6.07, 6.45) is 11.6. The van der Waals surface area contributed by atoms with E-state index in [4.69, 9.17) is 12.6 Å². The molecule has 0 amide bonds. The van der Waals surface area contributed by atoms with Crippen LogP contribution >= 0.6 is 12.6 Å². The zero-order valence-corrected chi connectivity index (χ0v) is 8.08. The van der Waals surface area contributed by atoms with Crippen LogP contribution in [-0.4, -0.2) is 5.25 Å². The van der Waals surface area contributed by atoms with E-state index in [-0.39, 0.29) is 0 Å². The summed E-state index contributed by atoms with van der Waals surface area (Å²) in [7, 11) is 0. The molecule has 0 aromatic rings. The highest BCUT2D eigenvalue weighted by molar-refractivity contribution is 7.81. The van der Waals surface area contributed by atoms with E-state index >= 15 is 0 Å². The minimum absolute atomic E-state index is 0.696. The Labute approximate surface area is 75.2 Å². The predicted molar refractivity (Wildman–Crippen MR) is 52.1 cm³/mol. The van der Waals surface area contributed by atoms with Gasteiger partial charge in [0.1, 0.15) is 0 Å². The largest absolute Gasteiger partial charge is 0.175 e. The lowest BCUT2D eigenvalue weighted by molar-refractivity contribution is 0.205. The van der Waals surface area contributed by atoms with Crippen LogP contribution in [0, 0.1) is 5.41 Å². The molecule has 0 radical (unpaired) electrons. The van der Waals surface area contributed by atoms with Crippen molar-refractivity contribution >= 4 is 12.6 Å². The van der Waals surface area contributed by atoms with E-state index in [1.54, 1.807) is 0 Å². The van der Waals surface area contributed by atoms with Gasteiger partial charge in [-0.15, -0.1) is 0 Å². The smallest absolute Gasteiger partial charge is 0.00732 e. The summed E-state index contributed by atoms with van der Waals surface area (Å²) in [6, 6.07) is 0. The van der Waals surface area contributed by atoms with E-state index in [1.165, 1.54) is 51.4 Å². The van der Waals surface area contributed by atoms with Crippen LogP contribution in [0.25, 0.3) is 0 Å². The quantitative estimate of drug-likeness (QED) is 0.529. The van der Waals surface area contributed by atoms with Gasteiger partial charge in [-0.05, 0) is 31.1 Å². The standard InChI is InChI=1S/C10H18S/c11-9-5-4-8-10(9)6-2-1-3-7-10/h9,11H,1-8H2. The molecule has 64 valence electrons. The highest BCUT2D eigenvalue weighted by Gasteiger charge is 2.41. The van der Waals surface area contributed by atoms with Gasteiger partial charge in [0.25, 0.3) is 0 Å². The second-order valence-electron chi connectivity index (χ2n) is 4.33. The van der Waals surface area contributed by atoms with Gasteiger partial charge in [0, 0.05) is 5.25 Å². The summed E-state index contributed by atoms with van der Waals surface area (Å²) in [5, 5.41) is 0.739. The van der Waals surface area contributed by atoms with Crippen molar-refractivity contribution in [3.8, 4) is 0 Å². The molecule has 1 heteroatoms. The summed E-state index contributed by atoms with van der Waals surface area (Å²) < 4.78 is 0. The summed E-state index contributed by atoms with van der Waals surface area (Å²) in [5.41, 5.74) is 0.696. The fraction of sp³-hybridized carbons (Fsp3) is 1.00.